The van der Waals surface area contributed by atoms with Gasteiger partial charge in [-0.05, 0) is 6.42 Å². The number of aliphatic hydroxyl groups excluding tert-OH is 1. The minimum atomic E-state index is 0. The second-order valence-corrected chi connectivity index (χ2v) is 2.28. The fourth-order valence-electron chi connectivity index (χ4n) is 0.539. The maximum absolute atomic E-state index is 8.29. The molecule has 0 saturated heterocycles. The molecule has 0 bridgehead atoms. The second-order valence-electron chi connectivity index (χ2n) is 2.28. The van der Waals surface area contributed by atoms with Crippen LogP contribution >= 0.6 is 0 Å². The van der Waals surface area contributed by atoms with E-state index in [0.717, 1.165) is 12.8 Å². The molecule has 0 aromatic rings. The fourth-order valence-corrected chi connectivity index (χ4v) is 0.539. The van der Waals surface area contributed by atoms with Gasteiger partial charge in [0.15, 0.2) is 0 Å². The third-order valence-corrected chi connectivity index (χ3v) is 1.01. The predicted molar refractivity (Wildman–Crippen MR) is 46.9 cm³/mol. The van der Waals surface area contributed by atoms with Crippen molar-refractivity contribution in [3.8, 4) is 0 Å². The van der Waals surface area contributed by atoms with Crippen LogP contribution in [0.2, 0.25) is 0 Å². The van der Waals surface area contributed by atoms with Gasteiger partial charge in [0.1, 0.15) is 0 Å². The molecule has 0 saturated carbocycles. The van der Waals surface area contributed by atoms with E-state index >= 15 is 0 Å². The van der Waals surface area contributed by atoms with Gasteiger partial charge >= 0.3 is 0 Å². The van der Waals surface area contributed by atoms with Gasteiger partial charge in [-0.1, -0.05) is 33.1 Å². The quantitative estimate of drug-likeness (QED) is 0.625. The Hall–Kier alpha value is 1.25. The van der Waals surface area contributed by atoms with Crippen molar-refractivity contribution in [2.75, 3.05) is 6.61 Å². The second kappa shape index (κ2) is 22.5. The van der Waals surface area contributed by atoms with Gasteiger partial charge in [0.05, 0.1) is 0 Å². The summed E-state index contributed by atoms with van der Waals surface area (Å²) in [7, 11) is 0. The van der Waals surface area contributed by atoms with E-state index in [1.807, 2.05) is 6.92 Å². The minimum absolute atomic E-state index is 0. The van der Waals surface area contributed by atoms with E-state index in [1.165, 1.54) is 19.3 Å². The SMILES string of the molecule is CCCCCCO.[CH2-]CC.[Tb]. The molecule has 11 heavy (non-hydrogen) atoms. The van der Waals surface area contributed by atoms with Crippen molar-refractivity contribution in [3.63, 3.8) is 0 Å². The van der Waals surface area contributed by atoms with Crippen LogP contribution in [0.1, 0.15) is 46.0 Å². The van der Waals surface area contributed by atoms with E-state index in [4.69, 9.17) is 5.11 Å². The van der Waals surface area contributed by atoms with Gasteiger partial charge in [0.25, 0.3) is 0 Å². The Kier molecular flexibility index (Phi) is 37.0. The van der Waals surface area contributed by atoms with Crippen LogP contribution in [0, 0.1) is 45.5 Å². The van der Waals surface area contributed by atoms with Crippen molar-refractivity contribution < 1.29 is 43.7 Å². The molecule has 0 aliphatic rings. The number of unbranched alkanes of at least 4 members (excludes halogenated alkanes) is 3. The summed E-state index contributed by atoms with van der Waals surface area (Å²) >= 11 is 0. The van der Waals surface area contributed by atoms with Crippen molar-refractivity contribution in [2.24, 2.45) is 0 Å². The topological polar surface area (TPSA) is 20.2 Å². The van der Waals surface area contributed by atoms with Crippen LogP contribution in [-0.4, -0.2) is 11.7 Å². The van der Waals surface area contributed by atoms with Crippen molar-refractivity contribution in [3.05, 3.63) is 6.92 Å². The van der Waals surface area contributed by atoms with E-state index in [-0.39, 0.29) is 38.6 Å². The zero-order valence-electron chi connectivity index (χ0n) is 7.73. The molecule has 1 radical (unpaired) electrons. The normalized spacial score (nSPS) is 7.64. The molecule has 0 fully saturated rings. The number of hydrogen-bond acceptors (Lipinski definition) is 1. The van der Waals surface area contributed by atoms with E-state index in [0.29, 0.717) is 6.61 Å². The third kappa shape index (κ3) is 34.9. The van der Waals surface area contributed by atoms with E-state index in [2.05, 4.69) is 13.8 Å². The monoisotopic (exact) mass is 304 g/mol. The molecule has 73 valence electrons. The summed E-state index contributed by atoms with van der Waals surface area (Å²) in [6.45, 7) is 8.03. The molecule has 0 amide bonds. The summed E-state index contributed by atoms with van der Waals surface area (Å²) in [5.74, 6) is 0. The molecule has 0 aromatic heterocycles. The zero-order valence-corrected chi connectivity index (χ0v) is 9.87. The number of hydrogen-bond donors (Lipinski definition) is 1. The summed E-state index contributed by atoms with van der Waals surface area (Å²) in [6, 6.07) is 0. The van der Waals surface area contributed by atoms with Crippen LogP contribution in [0.15, 0.2) is 0 Å². The molecular weight excluding hydrogens is 283 g/mol. The molecule has 0 heterocycles. The van der Waals surface area contributed by atoms with Crippen molar-refractivity contribution in [2.45, 2.75) is 46.0 Å². The van der Waals surface area contributed by atoms with Crippen LogP contribution in [0.5, 0.6) is 0 Å². The first kappa shape index (κ1) is 18.1. The maximum atomic E-state index is 8.29. The molecule has 1 N–H and O–H groups in total. The van der Waals surface area contributed by atoms with Crippen molar-refractivity contribution in [1.82, 2.24) is 0 Å². The summed E-state index contributed by atoms with van der Waals surface area (Å²) < 4.78 is 0. The molecule has 2 heteroatoms. The Morgan fingerprint density at radius 2 is 1.55 bits per heavy atom. The average molecular weight is 304 g/mol. The molecule has 1 nitrogen and oxygen atoms in total. The molecule has 0 spiro atoms. The van der Waals surface area contributed by atoms with Crippen molar-refractivity contribution >= 4 is 0 Å². The summed E-state index contributed by atoms with van der Waals surface area (Å²) in [5, 5.41) is 8.29. The minimum Gasteiger partial charge on any atom is -0.396 e. The van der Waals surface area contributed by atoms with E-state index in [1.54, 1.807) is 0 Å². The molecular formula is C9H21OTb-. The molecule has 0 rings (SSSR count). The van der Waals surface area contributed by atoms with Gasteiger partial charge in [-0.3, -0.25) is 0 Å². The van der Waals surface area contributed by atoms with Crippen molar-refractivity contribution in [1.29, 1.82) is 0 Å². The van der Waals surface area contributed by atoms with Gasteiger partial charge in [-0.25, -0.2) is 0 Å². The van der Waals surface area contributed by atoms with Gasteiger partial charge < -0.3 is 12.0 Å². The summed E-state index contributed by atoms with van der Waals surface area (Å²) in [6.07, 6.45) is 5.68. The molecule has 0 aliphatic heterocycles. The van der Waals surface area contributed by atoms with Crippen LogP contribution in [-0.2, 0) is 0 Å². The summed E-state index contributed by atoms with van der Waals surface area (Å²) in [5.41, 5.74) is 0. The van der Waals surface area contributed by atoms with Gasteiger partial charge in [0, 0.05) is 45.2 Å². The first-order valence-corrected chi connectivity index (χ1v) is 4.23. The standard InChI is InChI=1S/C6H14O.C3H7.Tb/c1-2-3-4-5-6-7;1-3-2;/h7H,2-6H2,1H3;1,3H2,2H3;/q;-1;. The summed E-state index contributed by atoms with van der Waals surface area (Å²) in [4.78, 5) is 0. The van der Waals surface area contributed by atoms with Gasteiger partial charge in [-0.15, -0.1) is 0 Å². The maximum Gasteiger partial charge on any atom is 0.0431 e. The van der Waals surface area contributed by atoms with E-state index < -0.39 is 0 Å². The smallest absolute Gasteiger partial charge is 0.0431 e. The largest absolute Gasteiger partial charge is 0.396 e. The Balaban J connectivity index is -0.000000140. The molecule has 0 aromatic carbocycles. The predicted octanol–water partition coefficient (Wildman–Crippen LogP) is 2.79. The van der Waals surface area contributed by atoms with Gasteiger partial charge in [0.2, 0.25) is 0 Å². The zero-order chi connectivity index (χ0) is 8.24. The third-order valence-electron chi connectivity index (χ3n) is 1.01. The number of rotatable bonds is 4. The van der Waals surface area contributed by atoms with E-state index in [9.17, 15) is 0 Å². The van der Waals surface area contributed by atoms with Crippen LogP contribution in [0.3, 0.4) is 0 Å². The number of aliphatic hydroxyl groups is 1. The molecule has 0 atom stereocenters. The van der Waals surface area contributed by atoms with Gasteiger partial charge in [-0.2, -0.15) is 6.42 Å². The Labute approximate surface area is 102 Å². The Bertz CT molecular complexity index is 36.5. The molecule has 0 aliphatic carbocycles. The van der Waals surface area contributed by atoms with Crippen LogP contribution in [0.4, 0.5) is 0 Å². The average Bonchev–Trinajstić information content (AvgIpc) is 1.91. The van der Waals surface area contributed by atoms with Crippen LogP contribution < -0.4 is 0 Å². The first-order chi connectivity index (χ1) is 4.83. The Morgan fingerprint density at radius 3 is 1.82 bits per heavy atom. The first-order valence-electron chi connectivity index (χ1n) is 4.23. The van der Waals surface area contributed by atoms with Crippen LogP contribution in [0.25, 0.3) is 0 Å². The fraction of sp³-hybridized carbons (Fsp3) is 0.889. The Morgan fingerprint density at radius 1 is 1.09 bits per heavy atom. The molecule has 0 unspecified atom stereocenters.